The van der Waals surface area contributed by atoms with Crippen molar-refractivity contribution in [2.45, 2.75) is 20.0 Å². The van der Waals surface area contributed by atoms with Crippen LogP contribution in [0.25, 0.3) is 0 Å². The van der Waals surface area contributed by atoms with Crippen LogP contribution in [-0.2, 0) is 17.8 Å². The molecule has 0 saturated carbocycles. The molecule has 0 unspecified atom stereocenters. The maximum Gasteiger partial charge on any atom is 0.229 e. The van der Waals surface area contributed by atoms with Gasteiger partial charge in [0.15, 0.2) is 0 Å². The molecule has 3 rings (SSSR count). The van der Waals surface area contributed by atoms with Crippen LogP contribution in [0.5, 0.6) is 5.75 Å². The molecule has 4 nitrogen and oxygen atoms in total. The highest BCUT2D eigenvalue weighted by molar-refractivity contribution is 6.30. The molecule has 26 heavy (non-hydrogen) atoms. The van der Waals surface area contributed by atoms with Crippen LogP contribution < -0.4 is 10.1 Å². The average Bonchev–Trinajstić information content (AvgIpc) is 2.63. The van der Waals surface area contributed by atoms with Gasteiger partial charge in [0.1, 0.15) is 18.2 Å². The third-order valence-electron chi connectivity index (χ3n) is 3.93. The van der Waals surface area contributed by atoms with Gasteiger partial charge in [0.05, 0.1) is 6.42 Å². The van der Waals surface area contributed by atoms with Crippen molar-refractivity contribution in [2.24, 2.45) is 0 Å². The monoisotopic (exact) mass is 366 g/mol. The lowest BCUT2D eigenvalue weighted by atomic mass is 10.1. The first-order valence-corrected chi connectivity index (χ1v) is 8.65. The third kappa shape index (κ3) is 5.07. The van der Waals surface area contributed by atoms with Gasteiger partial charge in [-0.25, -0.2) is 4.98 Å². The Morgan fingerprint density at radius 3 is 2.65 bits per heavy atom. The molecule has 0 bridgehead atoms. The van der Waals surface area contributed by atoms with Gasteiger partial charge in [-0.2, -0.15) is 0 Å². The number of ether oxygens (including phenoxy) is 1. The van der Waals surface area contributed by atoms with E-state index in [2.05, 4.69) is 10.3 Å². The molecule has 0 aliphatic carbocycles. The van der Waals surface area contributed by atoms with Crippen LogP contribution in [0, 0.1) is 6.92 Å². The fraction of sp³-hybridized carbons (Fsp3) is 0.143. The molecule has 0 spiro atoms. The van der Waals surface area contributed by atoms with Gasteiger partial charge < -0.3 is 10.1 Å². The Balaban J connectivity index is 1.59. The highest BCUT2D eigenvalue weighted by atomic mass is 35.5. The molecule has 0 radical (unpaired) electrons. The third-order valence-corrected chi connectivity index (χ3v) is 4.18. The summed E-state index contributed by atoms with van der Waals surface area (Å²) in [4.78, 5) is 16.4. The number of carbonyl (C=O) groups is 1. The summed E-state index contributed by atoms with van der Waals surface area (Å²) in [6, 6.07) is 18.8. The van der Waals surface area contributed by atoms with Crippen molar-refractivity contribution in [2.75, 3.05) is 5.32 Å². The number of pyridine rings is 1. The minimum absolute atomic E-state index is 0.110. The summed E-state index contributed by atoms with van der Waals surface area (Å²) >= 11 is 5.88. The lowest BCUT2D eigenvalue weighted by molar-refractivity contribution is -0.115. The summed E-state index contributed by atoms with van der Waals surface area (Å²) in [5, 5.41) is 3.51. The summed E-state index contributed by atoms with van der Waals surface area (Å²) in [5.74, 6) is 1.000. The van der Waals surface area contributed by atoms with Crippen LogP contribution in [0.1, 0.15) is 16.7 Å². The molecule has 0 aliphatic rings. The Morgan fingerprint density at radius 1 is 1.12 bits per heavy atom. The van der Waals surface area contributed by atoms with E-state index in [1.165, 1.54) is 0 Å². The van der Waals surface area contributed by atoms with Gasteiger partial charge in [-0.15, -0.1) is 0 Å². The summed E-state index contributed by atoms with van der Waals surface area (Å²) in [6.45, 7) is 2.41. The molecule has 2 aromatic carbocycles. The second-order valence-corrected chi connectivity index (χ2v) is 6.38. The lowest BCUT2D eigenvalue weighted by Gasteiger charge is -2.09. The van der Waals surface area contributed by atoms with Crippen molar-refractivity contribution in [3.8, 4) is 5.75 Å². The largest absolute Gasteiger partial charge is 0.489 e. The normalized spacial score (nSPS) is 10.4. The van der Waals surface area contributed by atoms with E-state index in [0.29, 0.717) is 29.6 Å². The van der Waals surface area contributed by atoms with Crippen molar-refractivity contribution in [1.82, 2.24) is 4.98 Å². The number of aromatic nitrogens is 1. The highest BCUT2D eigenvalue weighted by Gasteiger charge is 2.07. The highest BCUT2D eigenvalue weighted by Crippen LogP contribution is 2.18. The van der Waals surface area contributed by atoms with E-state index in [0.717, 1.165) is 16.7 Å². The predicted octanol–water partition coefficient (Wildman–Crippen LogP) is 4.80. The summed E-state index contributed by atoms with van der Waals surface area (Å²) in [5.41, 5.74) is 3.10. The fourth-order valence-corrected chi connectivity index (χ4v) is 2.61. The number of carbonyl (C=O) groups excluding carboxylic acids is 1. The topological polar surface area (TPSA) is 51.2 Å². The maximum atomic E-state index is 12.3. The molecule has 132 valence electrons. The Hall–Kier alpha value is -2.85. The minimum Gasteiger partial charge on any atom is -0.489 e. The Kier molecular flexibility index (Phi) is 5.87. The molecule has 1 N–H and O–H groups in total. The number of rotatable bonds is 6. The first kappa shape index (κ1) is 18.0. The Bertz CT molecular complexity index is 895. The number of amides is 1. The second-order valence-electron chi connectivity index (χ2n) is 5.94. The summed E-state index contributed by atoms with van der Waals surface area (Å²) < 4.78 is 5.76. The van der Waals surface area contributed by atoms with Crippen molar-refractivity contribution in [3.05, 3.63) is 88.6 Å². The number of hydrogen-bond acceptors (Lipinski definition) is 3. The van der Waals surface area contributed by atoms with E-state index in [4.69, 9.17) is 16.3 Å². The van der Waals surface area contributed by atoms with Crippen LogP contribution in [0.3, 0.4) is 0 Å². The molecular formula is C21H19ClN2O2. The molecule has 1 heterocycles. The molecule has 1 aromatic heterocycles. The van der Waals surface area contributed by atoms with E-state index >= 15 is 0 Å². The number of benzene rings is 2. The van der Waals surface area contributed by atoms with Crippen LogP contribution >= 0.6 is 11.6 Å². The quantitative estimate of drug-likeness (QED) is 0.681. The van der Waals surface area contributed by atoms with Gasteiger partial charge in [-0.05, 0) is 41.8 Å². The lowest BCUT2D eigenvalue weighted by Crippen LogP contribution is -2.15. The van der Waals surface area contributed by atoms with Crippen LogP contribution in [0.4, 0.5) is 5.82 Å². The van der Waals surface area contributed by atoms with Crippen molar-refractivity contribution >= 4 is 23.3 Å². The van der Waals surface area contributed by atoms with E-state index < -0.39 is 0 Å². The van der Waals surface area contributed by atoms with Gasteiger partial charge >= 0.3 is 0 Å². The number of aryl methyl sites for hydroxylation is 1. The molecule has 0 saturated heterocycles. The van der Waals surface area contributed by atoms with E-state index in [1.54, 1.807) is 18.3 Å². The van der Waals surface area contributed by atoms with Crippen molar-refractivity contribution < 1.29 is 9.53 Å². The predicted molar refractivity (Wildman–Crippen MR) is 104 cm³/mol. The van der Waals surface area contributed by atoms with Gasteiger partial charge in [0.25, 0.3) is 0 Å². The van der Waals surface area contributed by atoms with Crippen molar-refractivity contribution in [3.63, 3.8) is 0 Å². The van der Waals surface area contributed by atoms with E-state index in [-0.39, 0.29) is 5.91 Å². The Morgan fingerprint density at radius 2 is 1.88 bits per heavy atom. The van der Waals surface area contributed by atoms with E-state index in [1.807, 2.05) is 55.5 Å². The molecular weight excluding hydrogens is 348 g/mol. The summed E-state index contributed by atoms with van der Waals surface area (Å²) in [6.07, 6.45) is 1.92. The van der Waals surface area contributed by atoms with Gasteiger partial charge in [0.2, 0.25) is 5.91 Å². The zero-order valence-electron chi connectivity index (χ0n) is 14.4. The number of halogens is 1. The van der Waals surface area contributed by atoms with Gasteiger partial charge in [0, 0.05) is 17.3 Å². The number of hydrogen-bond donors (Lipinski definition) is 1. The SMILES string of the molecule is Cc1ccccc1CC(=O)Nc1cc(OCc2ccc(Cl)cc2)ccn1. The van der Waals surface area contributed by atoms with Crippen LogP contribution in [0.2, 0.25) is 5.02 Å². The molecule has 0 fully saturated rings. The van der Waals surface area contributed by atoms with Gasteiger partial charge in [-0.1, -0.05) is 48.0 Å². The summed E-state index contributed by atoms with van der Waals surface area (Å²) in [7, 11) is 0. The molecule has 5 heteroatoms. The smallest absolute Gasteiger partial charge is 0.229 e. The number of anilines is 1. The molecule has 0 atom stereocenters. The average molecular weight is 367 g/mol. The second kappa shape index (κ2) is 8.50. The number of nitrogens with one attached hydrogen (secondary N) is 1. The van der Waals surface area contributed by atoms with Crippen molar-refractivity contribution in [1.29, 1.82) is 0 Å². The Labute approximate surface area is 157 Å². The maximum absolute atomic E-state index is 12.3. The standard InChI is InChI=1S/C21H19ClN2O2/c1-15-4-2-3-5-17(15)12-21(25)24-20-13-19(10-11-23-20)26-14-16-6-8-18(22)9-7-16/h2-11,13H,12,14H2,1H3,(H,23,24,25). The van der Waals surface area contributed by atoms with E-state index in [9.17, 15) is 4.79 Å². The fourth-order valence-electron chi connectivity index (χ4n) is 2.49. The zero-order valence-corrected chi connectivity index (χ0v) is 15.2. The number of nitrogens with zero attached hydrogens (tertiary/aromatic N) is 1. The minimum atomic E-state index is -0.110. The molecule has 1 amide bonds. The molecule has 3 aromatic rings. The first-order valence-electron chi connectivity index (χ1n) is 8.28. The molecule has 0 aliphatic heterocycles. The van der Waals surface area contributed by atoms with Crippen LogP contribution in [-0.4, -0.2) is 10.9 Å². The first-order chi connectivity index (χ1) is 12.6. The zero-order chi connectivity index (χ0) is 18.4. The van der Waals surface area contributed by atoms with Gasteiger partial charge in [-0.3, -0.25) is 4.79 Å². The van der Waals surface area contributed by atoms with Crippen LogP contribution in [0.15, 0.2) is 66.9 Å².